The molecule has 0 bridgehead atoms. The molecule has 318 valence electrons. The molecule has 0 atom stereocenters. The molecular weight excluding hydrogens is 819 g/mol. The van der Waals surface area contributed by atoms with Gasteiger partial charge in [0.1, 0.15) is 0 Å². The van der Waals surface area contributed by atoms with Crippen molar-refractivity contribution in [2.45, 2.75) is 5.41 Å². The maximum Gasteiger partial charge on any atom is 0.0714 e. The van der Waals surface area contributed by atoms with Crippen molar-refractivity contribution < 1.29 is 0 Å². The second-order valence-electron chi connectivity index (χ2n) is 17.9. The molecule has 0 spiro atoms. The van der Waals surface area contributed by atoms with Gasteiger partial charge in [-0.1, -0.05) is 249 Å². The normalized spacial score (nSPS) is 12.5. The molecule has 0 saturated heterocycles. The van der Waals surface area contributed by atoms with Crippen LogP contribution in [0.4, 0.5) is 17.1 Å². The van der Waals surface area contributed by atoms with Crippen molar-refractivity contribution in [3.63, 3.8) is 0 Å². The molecule has 12 aromatic carbocycles. The molecule has 0 aliphatic heterocycles. The Bertz CT molecular complexity index is 3790. The number of hydrogen-bond donors (Lipinski definition) is 0. The SMILES string of the molecule is c1ccc(C2(c3ccccc3)c3ccccc3-c3c(N(c4ccc(-c5cccc6ccccc56)cc4)c4cc(-c5cccc6ccccc56)ccc4-c4cccc5ccccc45)cccc32)cc1. The molecule has 0 radical (unpaired) electrons. The van der Waals surface area contributed by atoms with E-state index in [4.69, 9.17) is 0 Å². The van der Waals surface area contributed by atoms with Gasteiger partial charge in [0.2, 0.25) is 0 Å². The number of hydrogen-bond acceptors (Lipinski definition) is 1. The number of fused-ring (bicyclic) bond motifs is 6. The molecular formula is C67H45N. The molecule has 0 aromatic heterocycles. The highest BCUT2D eigenvalue weighted by Gasteiger charge is 2.47. The summed E-state index contributed by atoms with van der Waals surface area (Å²) in [4.78, 5) is 2.56. The Hall–Kier alpha value is -8.78. The summed E-state index contributed by atoms with van der Waals surface area (Å²) in [7, 11) is 0. The molecule has 12 aromatic rings. The summed E-state index contributed by atoms with van der Waals surface area (Å²) in [6, 6.07) is 101. The van der Waals surface area contributed by atoms with Crippen LogP contribution in [0, 0.1) is 0 Å². The van der Waals surface area contributed by atoms with Crippen LogP contribution in [0.5, 0.6) is 0 Å². The zero-order chi connectivity index (χ0) is 45.0. The van der Waals surface area contributed by atoms with Crippen LogP contribution >= 0.6 is 0 Å². The Morgan fingerprint density at radius 2 is 0.706 bits per heavy atom. The van der Waals surface area contributed by atoms with Crippen molar-refractivity contribution in [1.82, 2.24) is 0 Å². The number of nitrogens with zero attached hydrogens (tertiary/aromatic N) is 1. The fourth-order valence-corrected chi connectivity index (χ4v) is 11.4. The predicted octanol–water partition coefficient (Wildman–Crippen LogP) is 18.0. The first-order chi connectivity index (χ1) is 33.8. The van der Waals surface area contributed by atoms with Crippen LogP contribution in [0.1, 0.15) is 22.3 Å². The average Bonchev–Trinajstić information content (AvgIpc) is 3.73. The van der Waals surface area contributed by atoms with Gasteiger partial charge in [-0.3, -0.25) is 0 Å². The van der Waals surface area contributed by atoms with Crippen molar-refractivity contribution in [1.29, 1.82) is 0 Å². The number of benzene rings is 12. The van der Waals surface area contributed by atoms with Crippen molar-refractivity contribution in [2.75, 3.05) is 4.90 Å². The lowest BCUT2D eigenvalue weighted by Crippen LogP contribution is -2.28. The molecule has 0 fully saturated rings. The van der Waals surface area contributed by atoms with E-state index in [-0.39, 0.29) is 0 Å². The topological polar surface area (TPSA) is 3.24 Å². The van der Waals surface area contributed by atoms with Gasteiger partial charge in [-0.05, 0) is 112 Å². The van der Waals surface area contributed by atoms with Gasteiger partial charge >= 0.3 is 0 Å². The quantitative estimate of drug-likeness (QED) is 0.147. The lowest BCUT2D eigenvalue weighted by atomic mass is 9.68. The van der Waals surface area contributed by atoms with E-state index in [1.807, 2.05) is 0 Å². The predicted molar refractivity (Wildman–Crippen MR) is 287 cm³/mol. The van der Waals surface area contributed by atoms with Crippen molar-refractivity contribution in [2.24, 2.45) is 0 Å². The minimum atomic E-state index is -0.558. The van der Waals surface area contributed by atoms with Crippen LogP contribution in [-0.2, 0) is 5.41 Å². The molecule has 0 unspecified atom stereocenters. The van der Waals surface area contributed by atoms with Gasteiger partial charge in [-0.15, -0.1) is 0 Å². The molecule has 0 N–H and O–H groups in total. The number of anilines is 3. The lowest BCUT2D eigenvalue weighted by Gasteiger charge is -2.35. The summed E-state index contributed by atoms with van der Waals surface area (Å²) in [6.07, 6.45) is 0. The van der Waals surface area contributed by atoms with Crippen LogP contribution in [0.15, 0.2) is 273 Å². The molecule has 1 aliphatic rings. The first-order valence-electron chi connectivity index (χ1n) is 23.6. The van der Waals surface area contributed by atoms with Crippen LogP contribution in [0.2, 0.25) is 0 Å². The van der Waals surface area contributed by atoms with E-state index in [0.717, 1.165) is 28.2 Å². The van der Waals surface area contributed by atoms with E-state index < -0.39 is 5.41 Å². The first-order valence-corrected chi connectivity index (χ1v) is 23.6. The number of rotatable bonds is 8. The Morgan fingerprint density at radius 3 is 1.32 bits per heavy atom. The highest BCUT2D eigenvalue weighted by molar-refractivity contribution is 6.06. The third-order valence-electron chi connectivity index (χ3n) is 14.3. The fourth-order valence-electron chi connectivity index (χ4n) is 11.4. The van der Waals surface area contributed by atoms with Crippen molar-refractivity contribution >= 4 is 49.4 Å². The highest BCUT2D eigenvalue weighted by Crippen LogP contribution is 2.60. The second kappa shape index (κ2) is 16.3. The van der Waals surface area contributed by atoms with Crippen LogP contribution < -0.4 is 4.90 Å². The molecule has 0 heterocycles. The van der Waals surface area contributed by atoms with Crippen molar-refractivity contribution in [3.8, 4) is 44.5 Å². The van der Waals surface area contributed by atoms with Crippen LogP contribution in [-0.4, -0.2) is 0 Å². The molecule has 0 amide bonds. The van der Waals surface area contributed by atoms with E-state index in [2.05, 4.69) is 278 Å². The summed E-state index contributed by atoms with van der Waals surface area (Å²) in [5.41, 5.74) is 17.4. The zero-order valence-electron chi connectivity index (χ0n) is 37.4. The van der Waals surface area contributed by atoms with E-state index >= 15 is 0 Å². The van der Waals surface area contributed by atoms with Gasteiger partial charge in [0, 0.05) is 16.8 Å². The summed E-state index contributed by atoms with van der Waals surface area (Å²) < 4.78 is 0. The van der Waals surface area contributed by atoms with Gasteiger partial charge in [0.05, 0.1) is 16.8 Å². The van der Waals surface area contributed by atoms with E-state index in [0.29, 0.717) is 0 Å². The third-order valence-corrected chi connectivity index (χ3v) is 14.3. The van der Waals surface area contributed by atoms with Gasteiger partial charge < -0.3 is 4.90 Å². The molecule has 1 nitrogen and oxygen atoms in total. The minimum Gasteiger partial charge on any atom is -0.309 e. The van der Waals surface area contributed by atoms with E-state index in [1.165, 1.54) is 88.0 Å². The molecule has 68 heavy (non-hydrogen) atoms. The summed E-state index contributed by atoms with van der Waals surface area (Å²) >= 11 is 0. The Morgan fingerprint density at radius 1 is 0.265 bits per heavy atom. The lowest BCUT2D eigenvalue weighted by molar-refractivity contribution is 0.768. The summed E-state index contributed by atoms with van der Waals surface area (Å²) in [6.45, 7) is 0. The minimum absolute atomic E-state index is 0.558. The van der Waals surface area contributed by atoms with E-state index in [1.54, 1.807) is 0 Å². The second-order valence-corrected chi connectivity index (χ2v) is 17.9. The summed E-state index contributed by atoms with van der Waals surface area (Å²) in [5, 5.41) is 7.37. The van der Waals surface area contributed by atoms with Gasteiger partial charge in [0.15, 0.2) is 0 Å². The highest BCUT2D eigenvalue weighted by atomic mass is 15.1. The molecule has 1 heteroatoms. The third kappa shape index (κ3) is 6.24. The maximum atomic E-state index is 2.56. The Kier molecular flexibility index (Phi) is 9.47. The van der Waals surface area contributed by atoms with Crippen LogP contribution in [0.3, 0.4) is 0 Å². The molecule has 1 aliphatic carbocycles. The average molecular weight is 864 g/mol. The molecule has 0 saturated carbocycles. The van der Waals surface area contributed by atoms with Gasteiger partial charge in [-0.25, -0.2) is 0 Å². The monoisotopic (exact) mass is 863 g/mol. The van der Waals surface area contributed by atoms with E-state index in [9.17, 15) is 0 Å². The standard InChI is InChI=1S/C67H45N/c1-3-25-51(26-4-1)67(52-27-5-2-6-28-52)62-36-14-13-32-61(62)66-63(67)37-18-38-64(66)68(53-42-39-49(40-43-53)56-33-15-22-46-19-7-10-29-54(46)56)65-45-50(58-34-16-23-47-20-8-11-30-55(47)58)41-44-60(65)59-35-17-24-48-21-9-12-31-57(48)59/h1-45H. The fraction of sp³-hybridized carbons (Fsp3) is 0.0149. The molecule has 13 rings (SSSR count). The van der Waals surface area contributed by atoms with Gasteiger partial charge in [-0.2, -0.15) is 0 Å². The Labute approximate surface area is 397 Å². The van der Waals surface area contributed by atoms with Crippen molar-refractivity contribution in [3.05, 3.63) is 295 Å². The summed E-state index contributed by atoms with van der Waals surface area (Å²) in [5.74, 6) is 0. The zero-order valence-corrected chi connectivity index (χ0v) is 37.4. The maximum absolute atomic E-state index is 2.56. The smallest absolute Gasteiger partial charge is 0.0714 e. The first kappa shape index (κ1) is 39.6. The van der Waals surface area contributed by atoms with Crippen LogP contribution in [0.25, 0.3) is 76.8 Å². The Balaban J connectivity index is 1.14. The largest absolute Gasteiger partial charge is 0.309 e. The van der Waals surface area contributed by atoms with Gasteiger partial charge in [0.25, 0.3) is 0 Å².